The Labute approximate surface area is 269 Å². The zero-order valence-electron chi connectivity index (χ0n) is 24.3. The first kappa shape index (κ1) is 35.5. The summed E-state index contributed by atoms with van der Waals surface area (Å²) in [7, 11) is -4.61. The van der Waals surface area contributed by atoms with Gasteiger partial charge in [0.25, 0.3) is 10.0 Å². The van der Waals surface area contributed by atoms with E-state index in [0.29, 0.717) is 22.5 Å². The van der Waals surface area contributed by atoms with Crippen molar-refractivity contribution in [1.82, 2.24) is 10.2 Å². The molecule has 238 valence electrons. The number of benzene rings is 3. The summed E-state index contributed by atoms with van der Waals surface area (Å²) in [6.45, 7) is 5.99. The van der Waals surface area contributed by atoms with Crippen molar-refractivity contribution < 1.29 is 31.2 Å². The molecule has 0 saturated carbocycles. The minimum atomic E-state index is -4.91. The Balaban J connectivity index is 2.14. The van der Waals surface area contributed by atoms with Gasteiger partial charge in [0.05, 0.1) is 21.2 Å². The quantitative estimate of drug-likeness (QED) is 0.228. The molecule has 0 aliphatic heterocycles. The molecule has 44 heavy (non-hydrogen) atoms. The van der Waals surface area contributed by atoms with E-state index in [1.807, 2.05) is 13.8 Å². The van der Waals surface area contributed by atoms with Crippen LogP contribution in [0.15, 0.2) is 65.6 Å². The predicted octanol–water partition coefficient (Wildman–Crippen LogP) is 7.36. The highest BCUT2D eigenvalue weighted by molar-refractivity contribution is 7.92. The maximum absolute atomic E-state index is 14.0. The summed E-state index contributed by atoms with van der Waals surface area (Å²) in [6, 6.07) is 11.7. The van der Waals surface area contributed by atoms with Gasteiger partial charge in [-0.1, -0.05) is 72.4 Å². The summed E-state index contributed by atoms with van der Waals surface area (Å²) >= 11 is 18.5. The van der Waals surface area contributed by atoms with E-state index in [2.05, 4.69) is 5.32 Å². The van der Waals surface area contributed by atoms with Crippen molar-refractivity contribution in [3.8, 4) is 0 Å². The number of aryl methyl sites for hydroxylation is 1. The Bertz CT molecular complexity index is 1600. The molecule has 7 nitrogen and oxygen atoms in total. The second-order valence-corrected chi connectivity index (χ2v) is 13.6. The van der Waals surface area contributed by atoms with Crippen molar-refractivity contribution in [3.63, 3.8) is 0 Å². The molecule has 0 spiro atoms. The monoisotopic (exact) mass is 691 g/mol. The van der Waals surface area contributed by atoms with Gasteiger partial charge in [-0.2, -0.15) is 13.2 Å². The molecule has 0 saturated heterocycles. The van der Waals surface area contributed by atoms with Crippen LogP contribution < -0.4 is 9.62 Å². The van der Waals surface area contributed by atoms with Crippen molar-refractivity contribution in [2.45, 2.75) is 51.4 Å². The number of hydrogen-bond donors (Lipinski definition) is 1. The van der Waals surface area contributed by atoms with Gasteiger partial charge < -0.3 is 10.2 Å². The van der Waals surface area contributed by atoms with Crippen LogP contribution in [0.2, 0.25) is 15.1 Å². The molecule has 0 aromatic heterocycles. The molecule has 3 aromatic carbocycles. The highest BCUT2D eigenvalue weighted by Gasteiger charge is 2.37. The summed E-state index contributed by atoms with van der Waals surface area (Å²) in [4.78, 5) is 28.0. The summed E-state index contributed by atoms with van der Waals surface area (Å²) in [6.07, 6.45) is -4.91. The van der Waals surface area contributed by atoms with Gasteiger partial charge >= 0.3 is 6.18 Å². The van der Waals surface area contributed by atoms with Gasteiger partial charge in [-0.25, -0.2) is 8.42 Å². The summed E-state index contributed by atoms with van der Waals surface area (Å²) < 4.78 is 69.8. The molecule has 0 radical (unpaired) electrons. The minimum Gasteiger partial charge on any atom is -0.354 e. The van der Waals surface area contributed by atoms with Crippen LogP contribution >= 0.6 is 34.8 Å². The number of nitrogens with one attached hydrogen (secondary N) is 1. The van der Waals surface area contributed by atoms with Crippen molar-refractivity contribution in [3.05, 3.63) is 92.4 Å². The summed E-state index contributed by atoms with van der Waals surface area (Å²) in [5.74, 6) is -1.34. The summed E-state index contributed by atoms with van der Waals surface area (Å²) in [5.41, 5.74) is -0.703. The van der Waals surface area contributed by atoms with Crippen LogP contribution in [0.25, 0.3) is 0 Å². The number of carbonyl (C=O) groups excluding carboxylic acids is 2. The Morgan fingerprint density at radius 1 is 0.909 bits per heavy atom. The molecular formula is C30H31Cl3F3N3O4S. The van der Waals surface area contributed by atoms with E-state index in [4.69, 9.17) is 34.8 Å². The molecule has 3 rings (SSSR count). The standard InChI is InChI=1S/C30H31Cl3F3N3O4S/c1-18(2)15-37-29(41)20(4)38(16-23-25(31)6-5-7-26(23)32)28(40)17-39(44(42,43)22-11-8-19(3)9-12-22)21-10-13-27(33)24(14-21)30(34,35)36/h5-14,18,20H,15-17H2,1-4H3,(H,37,41)/t20-/m0/s1. The van der Waals surface area contributed by atoms with Gasteiger partial charge in [-0.3, -0.25) is 13.9 Å². The van der Waals surface area contributed by atoms with E-state index in [9.17, 15) is 31.2 Å². The number of halogens is 6. The van der Waals surface area contributed by atoms with E-state index in [1.54, 1.807) is 13.0 Å². The SMILES string of the molecule is Cc1ccc(S(=O)(=O)N(CC(=O)N(Cc2c(Cl)cccc2Cl)[C@@H](C)C(=O)NCC(C)C)c2ccc(Cl)c(C(F)(F)F)c2)cc1. The number of amides is 2. The van der Waals surface area contributed by atoms with Crippen LogP contribution in [-0.4, -0.2) is 44.3 Å². The maximum Gasteiger partial charge on any atom is 0.417 e. The van der Waals surface area contributed by atoms with Crippen LogP contribution in [0.5, 0.6) is 0 Å². The van der Waals surface area contributed by atoms with Crippen LogP contribution in [0, 0.1) is 12.8 Å². The minimum absolute atomic E-state index is 0.0937. The van der Waals surface area contributed by atoms with E-state index >= 15 is 0 Å². The second-order valence-electron chi connectivity index (χ2n) is 10.5. The fourth-order valence-electron chi connectivity index (χ4n) is 4.14. The van der Waals surface area contributed by atoms with Gasteiger partial charge in [0.15, 0.2) is 0 Å². The van der Waals surface area contributed by atoms with E-state index in [1.165, 1.54) is 43.3 Å². The molecular weight excluding hydrogens is 662 g/mol. The Hall–Kier alpha value is -2.99. The van der Waals surface area contributed by atoms with Crippen molar-refractivity contribution in [1.29, 1.82) is 0 Å². The fourth-order valence-corrected chi connectivity index (χ4v) is 6.29. The van der Waals surface area contributed by atoms with Gasteiger partial charge in [0.2, 0.25) is 11.8 Å². The highest BCUT2D eigenvalue weighted by Crippen LogP contribution is 2.38. The van der Waals surface area contributed by atoms with Gasteiger partial charge in [0.1, 0.15) is 12.6 Å². The topological polar surface area (TPSA) is 86.8 Å². The van der Waals surface area contributed by atoms with Gasteiger partial charge in [-0.05, 0) is 62.2 Å². The third-order valence-corrected chi connectivity index (χ3v) is 9.50. The first-order chi connectivity index (χ1) is 20.4. The lowest BCUT2D eigenvalue weighted by molar-refractivity contribution is -0.139. The molecule has 0 bridgehead atoms. The molecule has 3 aromatic rings. The zero-order chi connectivity index (χ0) is 33.0. The number of hydrogen-bond acceptors (Lipinski definition) is 4. The van der Waals surface area contributed by atoms with Crippen LogP contribution in [0.4, 0.5) is 18.9 Å². The number of alkyl halides is 3. The summed E-state index contributed by atoms with van der Waals surface area (Å²) in [5, 5.41) is 2.48. The van der Waals surface area contributed by atoms with E-state index in [-0.39, 0.29) is 27.4 Å². The molecule has 0 unspecified atom stereocenters. The largest absolute Gasteiger partial charge is 0.417 e. The average Bonchev–Trinajstić information content (AvgIpc) is 2.94. The smallest absolute Gasteiger partial charge is 0.354 e. The van der Waals surface area contributed by atoms with Crippen molar-refractivity contribution in [2.75, 3.05) is 17.4 Å². The third-order valence-electron chi connectivity index (χ3n) is 6.67. The number of carbonyl (C=O) groups is 2. The second kappa shape index (κ2) is 14.4. The van der Waals surface area contributed by atoms with Crippen LogP contribution in [0.1, 0.15) is 37.5 Å². The van der Waals surface area contributed by atoms with Crippen molar-refractivity contribution >= 4 is 62.3 Å². The van der Waals surface area contributed by atoms with E-state index < -0.39 is 56.9 Å². The molecule has 0 fully saturated rings. The molecule has 14 heteroatoms. The lowest BCUT2D eigenvalue weighted by Crippen LogP contribution is -2.51. The number of anilines is 1. The van der Waals surface area contributed by atoms with Gasteiger partial charge in [-0.15, -0.1) is 0 Å². The van der Waals surface area contributed by atoms with Crippen LogP contribution in [-0.2, 0) is 32.3 Å². The number of sulfonamides is 1. The lowest BCUT2D eigenvalue weighted by Gasteiger charge is -2.32. The molecule has 0 aliphatic rings. The lowest BCUT2D eigenvalue weighted by atomic mass is 10.1. The Morgan fingerprint density at radius 2 is 1.50 bits per heavy atom. The van der Waals surface area contributed by atoms with Gasteiger partial charge in [0, 0.05) is 28.7 Å². The number of nitrogens with zero attached hydrogens (tertiary/aromatic N) is 2. The zero-order valence-corrected chi connectivity index (χ0v) is 27.3. The first-order valence-electron chi connectivity index (χ1n) is 13.4. The average molecular weight is 693 g/mol. The van der Waals surface area contributed by atoms with Crippen molar-refractivity contribution in [2.24, 2.45) is 5.92 Å². The third kappa shape index (κ3) is 8.59. The van der Waals surface area contributed by atoms with Crippen LogP contribution in [0.3, 0.4) is 0 Å². The Morgan fingerprint density at radius 3 is 2.05 bits per heavy atom. The first-order valence-corrected chi connectivity index (χ1v) is 16.0. The molecule has 1 N–H and O–H groups in total. The fraction of sp³-hybridized carbons (Fsp3) is 0.333. The maximum atomic E-state index is 14.0. The molecule has 2 amide bonds. The number of rotatable bonds is 11. The highest BCUT2D eigenvalue weighted by atomic mass is 35.5. The molecule has 1 atom stereocenters. The molecule has 0 aliphatic carbocycles. The Kier molecular flexibility index (Phi) is 11.6. The normalized spacial score (nSPS) is 12.6. The van der Waals surface area contributed by atoms with E-state index in [0.717, 1.165) is 22.6 Å². The predicted molar refractivity (Wildman–Crippen MR) is 166 cm³/mol. The molecule has 0 heterocycles.